The summed E-state index contributed by atoms with van der Waals surface area (Å²) in [4.78, 5) is 13.6. The number of nitrogens with one attached hydrogen (secondary N) is 1. The Kier molecular flexibility index (Phi) is 2.51. The highest BCUT2D eigenvalue weighted by Gasteiger charge is 2.38. The van der Waals surface area contributed by atoms with Gasteiger partial charge in [0.05, 0.1) is 6.04 Å². The van der Waals surface area contributed by atoms with E-state index in [4.69, 9.17) is 5.84 Å². The second-order valence-electron chi connectivity index (χ2n) is 3.99. The van der Waals surface area contributed by atoms with Crippen LogP contribution in [0, 0.1) is 0 Å². The molecular weight excluding hydrogens is 166 g/mol. The molecule has 1 saturated carbocycles. The lowest BCUT2D eigenvalue weighted by molar-refractivity contribution is -0.132. The van der Waals surface area contributed by atoms with Gasteiger partial charge < -0.3 is 0 Å². The van der Waals surface area contributed by atoms with Crippen LogP contribution in [-0.2, 0) is 4.79 Å². The van der Waals surface area contributed by atoms with Crippen molar-refractivity contribution in [3.8, 4) is 0 Å². The van der Waals surface area contributed by atoms with Crippen LogP contribution in [0.25, 0.3) is 0 Å². The Morgan fingerprint density at radius 1 is 1.31 bits per heavy atom. The Bertz CT molecular complexity index is 201. The highest BCUT2D eigenvalue weighted by atomic mass is 16.2. The van der Waals surface area contributed by atoms with Gasteiger partial charge in [-0.25, -0.2) is 5.84 Å². The van der Waals surface area contributed by atoms with Crippen LogP contribution in [0.15, 0.2) is 0 Å². The highest BCUT2D eigenvalue weighted by Crippen LogP contribution is 2.30. The van der Waals surface area contributed by atoms with Crippen molar-refractivity contribution in [2.75, 3.05) is 6.54 Å². The Morgan fingerprint density at radius 3 is 2.46 bits per heavy atom. The summed E-state index contributed by atoms with van der Waals surface area (Å²) in [6, 6.07) is 0.712. The number of likely N-dealkylation sites (tertiary alicyclic amines) is 1. The molecule has 4 heteroatoms. The van der Waals surface area contributed by atoms with Crippen molar-refractivity contribution in [2.24, 2.45) is 5.84 Å². The lowest BCUT2D eigenvalue weighted by atomic mass is 9.98. The SMILES string of the molecule is NNC(=O)[C@@H]1CCN1C1CCCC1. The fourth-order valence-electron chi connectivity index (χ4n) is 2.46. The van der Waals surface area contributed by atoms with E-state index in [1.807, 2.05) is 0 Å². The van der Waals surface area contributed by atoms with Crippen LogP contribution in [0.5, 0.6) is 0 Å². The Labute approximate surface area is 78.4 Å². The molecule has 2 rings (SSSR count). The summed E-state index contributed by atoms with van der Waals surface area (Å²) < 4.78 is 0. The van der Waals surface area contributed by atoms with E-state index in [-0.39, 0.29) is 11.9 Å². The van der Waals surface area contributed by atoms with Gasteiger partial charge in [0.2, 0.25) is 0 Å². The molecule has 1 heterocycles. The van der Waals surface area contributed by atoms with Crippen LogP contribution in [0.4, 0.5) is 0 Å². The van der Waals surface area contributed by atoms with Crippen molar-refractivity contribution in [3.63, 3.8) is 0 Å². The van der Waals surface area contributed by atoms with Crippen LogP contribution >= 0.6 is 0 Å². The zero-order valence-corrected chi connectivity index (χ0v) is 7.83. The molecule has 1 saturated heterocycles. The van der Waals surface area contributed by atoms with E-state index in [1.165, 1.54) is 25.7 Å². The van der Waals surface area contributed by atoms with Gasteiger partial charge in [0.15, 0.2) is 0 Å². The molecule has 1 amide bonds. The zero-order valence-electron chi connectivity index (χ0n) is 7.83. The van der Waals surface area contributed by atoms with Crippen LogP contribution in [0.3, 0.4) is 0 Å². The molecule has 1 aliphatic carbocycles. The average Bonchev–Trinajstić information content (AvgIpc) is 2.55. The Hall–Kier alpha value is -0.610. The summed E-state index contributed by atoms with van der Waals surface area (Å²) >= 11 is 0. The molecule has 0 aromatic carbocycles. The molecule has 0 bridgehead atoms. The summed E-state index contributed by atoms with van der Waals surface area (Å²) in [5.41, 5.74) is 2.24. The van der Waals surface area contributed by atoms with E-state index in [1.54, 1.807) is 0 Å². The largest absolute Gasteiger partial charge is 0.293 e. The topological polar surface area (TPSA) is 58.4 Å². The van der Waals surface area contributed by atoms with Crippen molar-refractivity contribution >= 4 is 5.91 Å². The fraction of sp³-hybridized carbons (Fsp3) is 0.889. The van der Waals surface area contributed by atoms with Crippen LogP contribution in [0.1, 0.15) is 32.1 Å². The van der Waals surface area contributed by atoms with Gasteiger partial charge in [-0.1, -0.05) is 12.8 Å². The number of rotatable bonds is 2. The number of hydrazine groups is 1. The van der Waals surface area contributed by atoms with Gasteiger partial charge in [0, 0.05) is 12.6 Å². The number of carbonyl (C=O) groups is 1. The molecule has 0 unspecified atom stereocenters. The second kappa shape index (κ2) is 3.64. The molecule has 3 N–H and O–H groups in total. The molecule has 0 spiro atoms. The minimum Gasteiger partial charge on any atom is -0.293 e. The molecule has 74 valence electrons. The number of hydrogen-bond donors (Lipinski definition) is 2. The number of nitrogens with two attached hydrogens (primary N) is 1. The van der Waals surface area contributed by atoms with Gasteiger partial charge in [-0.3, -0.25) is 15.1 Å². The molecule has 2 fully saturated rings. The van der Waals surface area contributed by atoms with Gasteiger partial charge >= 0.3 is 0 Å². The number of carbonyl (C=O) groups excluding carboxylic acids is 1. The molecule has 0 aromatic heterocycles. The maximum Gasteiger partial charge on any atom is 0.251 e. The summed E-state index contributed by atoms with van der Waals surface area (Å²) in [5, 5.41) is 0. The van der Waals surface area contributed by atoms with Crippen LogP contribution < -0.4 is 11.3 Å². The van der Waals surface area contributed by atoms with E-state index < -0.39 is 0 Å². The van der Waals surface area contributed by atoms with E-state index >= 15 is 0 Å². The minimum absolute atomic E-state index is 0.0156. The summed E-state index contributed by atoms with van der Waals surface area (Å²) in [5.74, 6) is 5.10. The van der Waals surface area contributed by atoms with Crippen molar-refractivity contribution < 1.29 is 4.79 Å². The van der Waals surface area contributed by atoms with Gasteiger partial charge in [0.25, 0.3) is 5.91 Å². The third-order valence-corrected chi connectivity index (χ3v) is 3.30. The Balaban J connectivity index is 1.89. The first kappa shape index (κ1) is 8.97. The molecule has 1 atom stereocenters. The fourth-order valence-corrected chi connectivity index (χ4v) is 2.46. The quantitative estimate of drug-likeness (QED) is 0.360. The van der Waals surface area contributed by atoms with Gasteiger partial charge in [-0.2, -0.15) is 0 Å². The second-order valence-corrected chi connectivity index (χ2v) is 3.99. The summed E-state index contributed by atoms with van der Waals surface area (Å²) in [6.07, 6.45) is 6.12. The average molecular weight is 183 g/mol. The predicted octanol–water partition coefficient (Wildman–Crippen LogP) is -0.00680. The maximum absolute atomic E-state index is 11.3. The van der Waals surface area contributed by atoms with Gasteiger partial charge in [-0.05, 0) is 19.3 Å². The van der Waals surface area contributed by atoms with Crippen molar-refractivity contribution in [1.82, 2.24) is 10.3 Å². The van der Waals surface area contributed by atoms with Crippen molar-refractivity contribution in [3.05, 3.63) is 0 Å². The summed E-state index contributed by atoms with van der Waals surface area (Å²) in [6.45, 7) is 1.07. The molecule has 0 aromatic rings. The molecule has 1 aliphatic heterocycles. The smallest absolute Gasteiger partial charge is 0.251 e. The van der Waals surface area contributed by atoms with E-state index in [0.29, 0.717) is 6.04 Å². The molecular formula is C9H17N3O. The standard InChI is InChI=1S/C9H17N3O/c10-11-9(13)8-5-6-12(8)7-3-1-2-4-7/h7-8H,1-6,10H2,(H,11,13)/t8-/m0/s1. The number of nitrogens with zero attached hydrogens (tertiary/aromatic N) is 1. The molecule has 2 aliphatic rings. The monoisotopic (exact) mass is 183 g/mol. The highest BCUT2D eigenvalue weighted by molar-refractivity contribution is 5.82. The van der Waals surface area contributed by atoms with E-state index in [9.17, 15) is 4.79 Å². The van der Waals surface area contributed by atoms with E-state index in [0.717, 1.165) is 13.0 Å². The molecule has 13 heavy (non-hydrogen) atoms. The van der Waals surface area contributed by atoms with Crippen molar-refractivity contribution in [2.45, 2.75) is 44.2 Å². The third-order valence-electron chi connectivity index (χ3n) is 3.30. The van der Waals surface area contributed by atoms with Crippen LogP contribution in [-0.4, -0.2) is 29.4 Å². The normalized spacial score (nSPS) is 30.1. The van der Waals surface area contributed by atoms with Gasteiger partial charge in [0.1, 0.15) is 0 Å². The van der Waals surface area contributed by atoms with Crippen LogP contribution in [0.2, 0.25) is 0 Å². The maximum atomic E-state index is 11.3. The Morgan fingerprint density at radius 2 is 2.00 bits per heavy atom. The third kappa shape index (κ3) is 1.56. The number of amides is 1. The first-order chi connectivity index (χ1) is 6.33. The van der Waals surface area contributed by atoms with Gasteiger partial charge in [-0.15, -0.1) is 0 Å². The zero-order chi connectivity index (χ0) is 9.26. The lowest BCUT2D eigenvalue weighted by Gasteiger charge is -2.43. The first-order valence-corrected chi connectivity index (χ1v) is 5.09. The van der Waals surface area contributed by atoms with E-state index in [2.05, 4.69) is 10.3 Å². The lowest BCUT2D eigenvalue weighted by Crippen LogP contribution is -2.60. The predicted molar refractivity (Wildman–Crippen MR) is 49.7 cm³/mol. The van der Waals surface area contributed by atoms with Crippen molar-refractivity contribution in [1.29, 1.82) is 0 Å². The minimum atomic E-state index is -0.0156. The first-order valence-electron chi connectivity index (χ1n) is 5.09. The number of hydrogen-bond acceptors (Lipinski definition) is 3. The summed E-state index contributed by atoms with van der Waals surface area (Å²) in [7, 11) is 0. The molecule has 4 nitrogen and oxygen atoms in total. The molecule has 0 radical (unpaired) electrons.